The highest BCUT2D eigenvalue weighted by Crippen LogP contribution is 2.31. The van der Waals surface area contributed by atoms with Gasteiger partial charge in [0.15, 0.2) is 5.82 Å². The Balaban J connectivity index is 1.41. The highest BCUT2D eigenvalue weighted by atomic mass is 16.5. The van der Waals surface area contributed by atoms with Crippen LogP contribution in [0.15, 0.2) is 24.3 Å². The van der Waals surface area contributed by atoms with E-state index in [4.69, 9.17) is 20.3 Å². The van der Waals surface area contributed by atoms with Crippen LogP contribution in [0, 0.1) is 17.7 Å². The zero-order valence-electron chi connectivity index (χ0n) is 14.9. The normalized spacial score (nSPS) is 16.9. The van der Waals surface area contributed by atoms with E-state index >= 15 is 0 Å². The smallest absolute Gasteiger partial charge is 0.152 e. The summed E-state index contributed by atoms with van der Waals surface area (Å²) in [5.41, 5.74) is 2.44. The molecule has 2 N–H and O–H groups in total. The second kappa shape index (κ2) is 6.82. The second-order valence-corrected chi connectivity index (χ2v) is 6.78. The molecule has 2 aromatic rings. The molecule has 3 heterocycles. The molecule has 26 heavy (non-hydrogen) atoms. The second-order valence-electron chi connectivity index (χ2n) is 6.78. The molecule has 0 spiro atoms. The van der Waals surface area contributed by atoms with Crippen LogP contribution >= 0.6 is 0 Å². The van der Waals surface area contributed by atoms with Crippen LogP contribution in [0.4, 0.5) is 5.82 Å². The summed E-state index contributed by atoms with van der Waals surface area (Å²) in [6.07, 6.45) is 4.04. The number of aryl methyl sites for hydroxylation is 1. The number of piperidine rings is 1. The molecular formula is C19H23N5O2. The highest BCUT2D eigenvalue weighted by molar-refractivity contribution is 5.55. The summed E-state index contributed by atoms with van der Waals surface area (Å²) in [6.45, 7) is 4.41. The van der Waals surface area contributed by atoms with Crippen molar-refractivity contribution in [2.24, 2.45) is 0 Å². The molecule has 0 saturated carbocycles. The fourth-order valence-electron chi connectivity index (χ4n) is 3.58. The summed E-state index contributed by atoms with van der Waals surface area (Å²) in [5, 5.41) is 19.6. The molecular weight excluding hydrogens is 330 g/mol. The average Bonchev–Trinajstić information content (AvgIpc) is 3.11. The lowest BCUT2D eigenvalue weighted by Crippen LogP contribution is -2.40. The minimum atomic E-state index is 0.177. The van der Waals surface area contributed by atoms with E-state index in [2.05, 4.69) is 16.1 Å². The van der Waals surface area contributed by atoms with Crippen molar-refractivity contribution < 1.29 is 9.47 Å². The molecule has 0 amide bonds. The van der Waals surface area contributed by atoms with E-state index in [9.17, 15) is 0 Å². The number of hydrogen-bond acceptors (Lipinski definition) is 6. The maximum atomic E-state index is 7.83. The molecule has 0 bridgehead atoms. The van der Waals surface area contributed by atoms with Crippen molar-refractivity contribution in [2.75, 3.05) is 24.6 Å². The van der Waals surface area contributed by atoms with Gasteiger partial charge < -0.3 is 14.4 Å². The Morgan fingerprint density at radius 3 is 2.85 bits per heavy atom. The van der Waals surface area contributed by atoms with Gasteiger partial charge in [-0.25, -0.2) is 4.68 Å². The molecule has 7 nitrogen and oxygen atoms in total. The molecule has 1 aromatic carbocycles. The summed E-state index contributed by atoms with van der Waals surface area (Å²) in [7, 11) is 0. The van der Waals surface area contributed by atoms with E-state index in [0.717, 1.165) is 68.2 Å². The molecule has 7 heteroatoms. The van der Waals surface area contributed by atoms with Gasteiger partial charge in [0, 0.05) is 38.4 Å². The number of hydrogen-bond donors (Lipinski definition) is 2. The van der Waals surface area contributed by atoms with Crippen LogP contribution in [-0.2, 0) is 6.42 Å². The largest absolute Gasteiger partial charge is 0.493 e. The molecule has 136 valence electrons. The first-order valence-corrected chi connectivity index (χ1v) is 8.97. The van der Waals surface area contributed by atoms with Crippen molar-refractivity contribution in [1.29, 1.82) is 10.8 Å². The number of nitrogens with zero attached hydrogens (tertiary/aromatic N) is 3. The number of rotatable bonds is 4. The summed E-state index contributed by atoms with van der Waals surface area (Å²) < 4.78 is 13.1. The van der Waals surface area contributed by atoms with Crippen molar-refractivity contribution in [2.45, 2.75) is 32.3 Å². The van der Waals surface area contributed by atoms with Gasteiger partial charge in [-0.05, 0) is 30.2 Å². The molecule has 4 rings (SSSR count). The number of nitrogens with one attached hydrogen (secondary N) is 2. The first-order valence-electron chi connectivity index (χ1n) is 8.97. The highest BCUT2D eigenvalue weighted by Gasteiger charge is 2.23. The lowest BCUT2D eigenvalue weighted by Gasteiger charge is -2.33. The first kappa shape index (κ1) is 16.6. The summed E-state index contributed by atoms with van der Waals surface area (Å²) in [6, 6.07) is 7.88. The van der Waals surface area contributed by atoms with Crippen LogP contribution in [0.2, 0.25) is 0 Å². The first-order chi connectivity index (χ1) is 12.6. The van der Waals surface area contributed by atoms with E-state index in [0.29, 0.717) is 0 Å². The Morgan fingerprint density at radius 2 is 2.08 bits per heavy atom. The van der Waals surface area contributed by atoms with E-state index in [1.54, 1.807) is 6.07 Å². The van der Waals surface area contributed by atoms with Gasteiger partial charge in [-0.1, -0.05) is 6.07 Å². The Bertz CT molecular complexity index is 884. The van der Waals surface area contributed by atoms with Gasteiger partial charge in [-0.15, -0.1) is 5.10 Å². The van der Waals surface area contributed by atoms with Crippen LogP contribution in [-0.4, -0.2) is 41.9 Å². The van der Waals surface area contributed by atoms with Crippen molar-refractivity contribution in [3.63, 3.8) is 0 Å². The van der Waals surface area contributed by atoms with E-state index in [1.165, 1.54) is 10.2 Å². The number of fused-ring (bicyclic) bond motifs is 1. The zero-order valence-corrected chi connectivity index (χ0v) is 14.9. The van der Waals surface area contributed by atoms with Crippen LogP contribution in [0.3, 0.4) is 0 Å². The van der Waals surface area contributed by atoms with Crippen molar-refractivity contribution in [1.82, 2.24) is 9.78 Å². The SMILES string of the molecule is Cc1cc(=N)n(C=N)nc1N1CCC(Oc2ccc3c(c2)OCC3)CC1. The van der Waals surface area contributed by atoms with E-state index in [1.807, 2.05) is 19.1 Å². The maximum Gasteiger partial charge on any atom is 0.152 e. The van der Waals surface area contributed by atoms with Gasteiger partial charge in [-0.3, -0.25) is 10.8 Å². The number of benzene rings is 1. The van der Waals surface area contributed by atoms with Gasteiger partial charge in [0.1, 0.15) is 29.4 Å². The van der Waals surface area contributed by atoms with E-state index < -0.39 is 0 Å². The summed E-state index contributed by atoms with van der Waals surface area (Å²) in [5.74, 6) is 2.67. The molecule has 0 aliphatic carbocycles. The average molecular weight is 353 g/mol. The molecule has 2 aliphatic heterocycles. The lowest BCUT2D eigenvalue weighted by atomic mass is 10.1. The van der Waals surface area contributed by atoms with Crippen LogP contribution < -0.4 is 19.9 Å². The predicted octanol–water partition coefficient (Wildman–Crippen LogP) is 2.11. The Labute approximate surface area is 152 Å². The monoisotopic (exact) mass is 353 g/mol. The minimum Gasteiger partial charge on any atom is -0.493 e. The topological polar surface area (TPSA) is 87.2 Å². The maximum absolute atomic E-state index is 7.83. The minimum absolute atomic E-state index is 0.177. The lowest BCUT2D eigenvalue weighted by molar-refractivity contribution is 0.170. The van der Waals surface area contributed by atoms with Crippen LogP contribution in [0.1, 0.15) is 24.0 Å². The van der Waals surface area contributed by atoms with Crippen molar-refractivity contribution in [3.05, 3.63) is 40.9 Å². The molecule has 2 aliphatic rings. The third-order valence-electron chi connectivity index (χ3n) is 4.99. The van der Waals surface area contributed by atoms with Gasteiger partial charge in [0.05, 0.1) is 6.61 Å². The van der Waals surface area contributed by atoms with Gasteiger partial charge in [-0.2, -0.15) is 0 Å². The molecule has 0 radical (unpaired) electrons. The summed E-state index contributed by atoms with van der Waals surface area (Å²) in [4.78, 5) is 2.21. The molecule has 1 saturated heterocycles. The zero-order chi connectivity index (χ0) is 18.1. The van der Waals surface area contributed by atoms with E-state index in [-0.39, 0.29) is 11.6 Å². The Hall–Kier alpha value is -2.83. The van der Waals surface area contributed by atoms with Crippen LogP contribution in [0.25, 0.3) is 0 Å². The van der Waals surface area contributed by atoms with Gasteiger partial charge in [0.2, 0.25) is 0 Å². The predicted molar refractivity (Wildman–Crippen MR) is 98.5 cm³/mol. The van der Waals surface area contributed by atoms with Gasteiger partial charge >= 0.3 is 0 Å². The molecule has 0 atom stereocenters. The van der Waals surface area contributed by atoms with Crippen molar-refractivity contribution in [3.8, 4) is 11.5 Å². The fraction of sp³-hybridized carbons (Fsp3) is 0.421. The molecule has 1 fully saturated rings. The Morgan fingerprint density at radius 1 is 1.27 bits per heavy atom. The molecule has 0 unspecified atom stereocenters. The number of aromatic nitrogens is 2. The van der Waals surface area contributed by atoms with Gasteiger partial charge in [0.25, 0.3) is 0 Å². The fourth-order valence-corrected chi connectivity index (χ4v) is 3.58. The number of ether oxygens (including phenoxy) is 2. The summed E-state index contributed by atoms with van der Waals surface area (Å²) >= 11 is 0. The quantitative estimate of drug-likeness (QED) is 0.651. The Kier molecular flexibility index (Phi) is 4.36. The third kappa shape index (κ3) is 3.16. The van der Waals surface area contributed by atoms with Crippen LogP contribution in [0.5, 0.6) is 11.5 Å². The van der Waals surface area contributed by atoms with Crippen molar-refractivity contribution >= 4 is 12.2 Å². The third-order valence-corrected chi connectivity index (χ3v) is 4.99. The molecule has 1 aromatic heterocycles. The number of anilines is 1. The standard InChI is InChI=1S/C19H23N5O2/c1-13-10-18(21)24(12-20)22-19(13)23-7-4-15(5-8-23)26-16-3-2-14-6-9-25-17(14)11-16/h2-3,10-12,15,20-21H,4-9H2,1H3.